The zero-order valence-corrected chi connectivity index (χ0v) is 12.1. The smallest absolute Gasteiger partial charge is 0.320 e. The molecule has 0 heterocycles. The molecule has 1 atom stereocenters. The molecular formula is C13H24N2O5. The van der Waals surface area contributed by atoms with Crippen LogP contribution in [0.3, 0.4) is 0 Å². The molecule has 116 valence electrons. The molecular weight excluding hydrogens is 264 g/mol. The molecule has 7 heteroatoms. The summed E-state index contributed by atoms with van der Waals surface area (Å²) in [5.74, 6) is -1.52. The molecule has 1 amide bonds. The van der Waals surface area contributed by atoms with Gasteiger partial charge in [0.1, 0.15) is 6.04 Å². The molecule has 0 aliphatic rings. The second-order valence-electron chi connectivity index (χ2n) is 4.32. The average molecular weight is 288 g/mol. The van der Waals surface area contributed by atoms with Gasteiger partial charge in [-0.2, -0.15) is 0 Å². The van der Waals surface area contributed by atoms with Crippen molar-refractivity contribution in [3.63, 3.8) is 0 Å². The molecule has 0 saturated heterocycles. The number of ether oxygens (including phenoxy) is 1. The van der Waals surface area contributed by atoms with Crippen LogP contribution in [-0.4, -0.2) is 48.7 Å². The molecule has 0 spiro atoms. The lowest BCUT2D eigenvalue weighted by molar-refractivity contribution is -0.143. The van der Waals surface area contributed by atoms with Crippen LogP contribution in [-0.2, 0) is 19.1 Å². The number of carbonyl (C=O) groups is 3. The molecule has 0 saturated carbocycles. The maximum absolute atomic E-state index is 11.5. The molecule has 0 aromatic carbocycles. The van der Waals surface area contributed by atoms with E-state index in [1.54, 1.807) is 6.92 Å². The first-order chi connectivity index (χ1) is 9.51. The minimum Gasteiger partial charge on any atom is -0.480 e. The van der Waals surface area contributed by atoms with Crippen molar-refractivity contribution < 1.29 is 24.2 Å². The van der Waals surface area contributed by atoms with Gasteiger partial charge in [-0.1, -0.05) is 13.3 Å². The van der Waals surface area contributed by atoms with E-state index in [0.29, 0.717) is 26.0 Å². The van der Waals surface area contributed by atoms with Crippen LogP contribution < -0.4 is 10.6 Å². The summed E-state index contributed by atoms with van der Waals surface area (Å²) < 4.78 is 4.75. The highest BCUT2D eigenvalue weighted by Gasteiger charge is 2.16. The minimum atomic E-state index is -0.957. The predicted molar refractivity (Wildman–Crippen MR) is 73.2 cm³/mol. The Bertz CT molecular complexity index is 320. The Morgan fingerprint density at radius 2 is 1.95 bits per heavy atom. The van der Waals surface area contributed by atoms with E-state index in [-0.39, 0.29) is 24.8 Å². The summed E-state index contributed by atoms with van der Waals surface area (Å²) in [5.41, 5.74) is 0. The van der Waals surface area contributed by atoms with E-state index in [2.05, 4.69) is 10.6 Å². The fourth-order valence-corrected chi connectivity index (χ4v) is 1.57. The van der Waals surface area contributed by atoms with E-state index >= 15 is 0 Å². The van der Waals surface area contributed by atoms with Gasteiger partial charge in [-0.25, -0.2) is 0 Å². The van der Waals surface area contributed by atoms with E-state index in [1.165, 1.54) is 0 Å². The molecule has 7 nitrogen and oxygen atoms in total. The second-order valence-corrected chi connectivity index (χ2v) is 4.32. The summed E-state index contributed by atoms with van der Waals surface area (Å²) in [7, 11) is 0. The average Bonchev–Trinajstić information content (AvgIpc) is 2.39. The number of carboxylic acids is 1. The van der Waals surface area contributed by atoms with Crippen LogP contribution in [0.1, 0.15) is 39.5 Å². The van der Waals surface area contributed by atoms with Crippen molar-refractivity contribution in [2.45, 2.75) is 45.6 Å². The molecule has 0 aliphatic heterocycles. The first-order valence-electron chi connectivity index (χ1n) is 6.89. The summed E-state index contributed by atoms with van der Waals surface area (Å²) in [6.07, 6.45) is 1.97. The number of rotatable bonds is 11. The van der Waals surface area contributed by atoms with Crippen molar-refractivity contribution >= 4 is 17.8 Å². The first kappa shape index (κ1) is 18.4. The Kier molecular flexibility index (Phi) is 10.3. The van der Waals surface area contributed by atoms with E-state index in [1.807, 2.05) is 6.92 Å². The van der Waals surface area contributed by atoms with Gasteiger partial charge in [-0.15, -0.1) is 0 Å². The van der Waals surface area contributed by atoms with E-state index in [0.717, 1.165) is 6.42 Å². The molecule has 0 bridgehead atoms. The summed E-state index contributed by atoms with van der Waals surface area (Å²) in [6, 6.07) is -0.703. The van der Waals surface area contributed by atoms with Gasteiger partial charge in [-0.05, 0) is 19.8 Å². The SMILES string of the molecule is CCCC(NCC(=O)NCCCC(=O)OCC)C(=O)O. The normalized spacial score (nSPS) is 11.7. The molecule has 0 aliphatic carbocycles. The van der Waals surface area contributed by atoms with Gasteiger partial charge in [-0.3, -0.25) is 19.7 Å². The number of esters is 1. The minimum absolute atomic E-state index is 0.0453. The molecule has 1 unspecified atom stereocenters. The third kappa shape index (κ3) is 9.32. The quantitative estimate of drug-likeness (QED) is 0.373. The lowest BCUT2D eigenvalue weighted by atomic mass is 10.2. The number of aliphatic carboxylic acids is 1. The molecule has 0 rings (SSSR count). The summed E-state index contributed by atoms with van der Waals surface area (Å²) >= 11 is 0. The number of carbonyl (C=O) groups excluding carboxylic acids is 2. The third-order valence-electron chi connectivity index (χ3n) is 2.57. The van der Waals surface area contributed by atoms with Crippen molar-refractivity contribution in [3.05, 3.63) is 0 Å². The number of hydrogen-bond acceptors (Lipinski definition) is 5. The highest BCUT2D eigenvalue weighted by atomic mass is 16.5. The highest BCUT2D eigenvalue weighted by molar-refractivity contribution is 5.79. The lowest BCUT2D eigenvalue weighted by Gasteiger charge is -2.13. The van der Waals surface area contributed by atoms with Crippen LogP contribution in [0.25, 0.3) is 0 Å². The van der Waals surface area contributed by atoms with Gasteiger partial charge < -0.3 is 15.2 Å². The van der Waals surface area contributed by atoms with Crippen molar-refractivity contribution in [1.82, 2.24) is 10.6 Å². The molecule has 0 fully saturated rings. The summed E-state index contributed by atoms with van der Waals surface area (Å²) in [4.78, 5) is 33.4. The van der Waals surface area contributed by atoms with Crippen LogP contribution in [0.5, 0.6) is 0 Å². The highest BCUT2D eigenvalue weighted by Crippen LogP contribution is 1.96. The van der Waals surface area contributed by atoms with Crippen LogP contribution in [0.15, 0.2) is 0 Å². The van der Waals surface area contributed by atoms with Crippen molar-refractivity contribution in [1.29, 1.82) is 0 Å². The Balaban J connectivity index is 3.72. The van der Waals surface area contributed by atoms with Crippen molar-refractivity contribution in [2.24, 2.45) is 0 Å². The topological polar surface area (TPSA) is 105 Å². The van der Waals surface area contributed by atoms with Gasteiger partial charge in [0.25, 0.3) is 0 Å². The van der Waals surface area contributed by atoms with Gasteiger partial charge in [0.2, 0.25) is 5.91 Å². The van der Waals surface area contributed by atoms with Crippen molar-refractivity contribution in [3.8, 4) is 0 Å². The fraction of sp³-hybridized carbons (Fsp3) is 0.769. The maximum Gasteiger partial charge on any atom is 0.320 e. The maximum atomic E-state index is 11.5. The van der Waals surface area contributed by atoms with Gasteiger partial charge in [0.05, 0.1) is 13.2 Å². The molecule has 0 aromatic heterocycles. The zero-order valence-electron chi connectivity index (χ0n) is 12.1. The van der Waals surface area contributed by atoms with Crippen molar-refractivity contribution in [2.75, 3.05) is 19.7 Å². The summed E-state index contributed by atoms with van der Waals surface area (Å²) in [5, 5.41) is 14.2. The van der Waals surface area contributed by atoms with Crippen LogP contribution >= 0.6 is 0 Å². The number of nitrogens with one attached hydrogen (secondary N) is 2. The standard InChI is InChI=1S/C13H24N2O5/c1-3-6-10(13(18)19)15-9-11(16)14-8-5-7-12(17)20-4-2/h10,15H,3-9H2,1-2H3,(H,14,16)(H,18,19). The lowest BCUT2D eigenvalue weighted by Crippen LogP contribution is -2.43. The first-order valence-corrected chi connectivity index (χ1v) is 6.89. The van der Waals surface area contributed by atoms with E-state index < -0.39 is 12.0 Å². The largest absolute Gasteiger partial charge is 0.480 e. The number of carboxylic acid groups (broad SMARTS) is 1. The Morgan fingerprint density at radius 3 is 2.50 bits per heavy atom. The Morgan fingerprint density at radius 1 is 1.25 bits per heavy atom. The predicted octanol–water partition coefficient (Wildman–Crippen LogP) is 0.289. The number of hydrogen-bond donors (Lipinski definition) is 3. The van der Waals surface area contributed by atoms with E-state index in [4.69, 9.17) is 9.84 Å². The second kappa shape index (κ2) is 11.2. The van der Waals surface area contributed by atoms with E-state index in [9.17, 15) is 14.4 Å². The zero-order chi connectivity index (χ0) is 15.4. The van der Waals surface area contributed by atoms with Crippen LogP contribution in [0.4, 0.5) is 0 Å². The molecule has 0 aromatic rings. The van der Waals surface area contributed by atoms with Gasteiger partial charge in [0, 0.05) is 13.0 Å². The Labute approximate surface area is 119 Å². The van der Waals surface area contributed by atoms with Gasteiger partial charge >= 0.3 is 11.9 Å². The van der Waals surface area contributed by atoms with Crippen LogP contribution in [0, 0.1) is 0 Å². The monoisotopic (exact) mass is 288 g/mol. The molecule has 20 heavy (non-hydrogen) atoms. The third-order valence-corrected chi connectivity index (χ3v) is 2.57. The fourth-order valence-electron chi connectivity index (χ4n) is 1.57. The summed E-state index contributed by atoms with van der Waals surface area (Å²) in [6.45, 7) is 4.29. The Hall–Kier alpha value is -1.63. The molecule has 3 N–H and O–H groups in total. The van der Waals surface area contributed by atoms with Gasteiger partial charge in [0.15, 0.2) is 0 Å². The number of amides is 1. The molecule has 0 radical (unpaired) electrons. The van der Waals surface area contributed by atoms with Crippen LogP contribution in [0.2, 0.25) is 0 Å².